The summed E-state index contributed by atoms with van der Waals surface area (Å²) in [5, 5.41) is 0. The van der Waals surface area contributed by atoms with Crippen LogP contribution in [0.3, 0.4) is 0 Å². The summed E-state index contributed by atoms with van der Waals surface area (Å²) in [5.41, 5.74) is 14.9. The Morgan fingerprint density at radius 3 is 2.32 bits per heavy atom. The molecule has 0 unspecified atom stereocenters. The van der Waals surface area contributed by atoms with Gasteiger partial charge in [0.15, 0.2) is 0 Å². The average molecular weight is 463 g/mol. The minimum atomic E-state index is -0.441. The lowest BCUT2D eigenvalue weighted by molar-refractivity contribution is -0.137. The van der Waals surface area contributed by atoms with E-state index < -0.39 is 5.97 Å². The molecule has 6 heteroatoms. The van der Waals surface area contributed by atoms with Crippen molar-refractivity contribution in [1.82, 2.24) is 0 Å². The van der Waals surface area contributed by atoms with Gasteiger partial charge in [0.05, 0.1) is 12.2 Å². The predicted molar refractivity (Wildman–Crippen MR) is 136 cm³/mol. The van der Waals surface area contributed by atoms with Crippen molar-refractivity contribution in [3.63, 3.8) is 0 Å². The number of anilines is 2. The normalized spacial score (nSPS) is 17.9. The molecular weight excluding hydrogens is 428 g/mol. The smallest absolute Gasteiger partial charge is 0.338 e. The monoisotopic (exact) mass is 462 g/mol. The van der Waals surface area contributed by atoms with E-state index in [-0.39, 0.29) is 18.7 Å². The first-order valence-corrected chi connectivity index (χ1v) is 11.8. The summed E-state index contributed by atoms with van der Waals surface area (Å²) in [6.45, 7) is 4.01. The molecular formula is C28H34N2O4. The molecule has 1 aliphatic carbocycles. The van der Waals surface area contributed by atoms with Gasteiger partial charge in [-0.25, -0.2) is 9.59 Å². The van der Waals surface area contributed by atoms with E-state index in [4.69, 9.17) is 20.9 Å². The highest BCUT2D eigenvalue weighted by Crippen LogP contribution is 2.30. The Hall–Kier alpha value is -3.54. The Balaban J connectivity index is 1.40. The molecule has 180 valence electrons. The van der Waals surface area contributed by atoms with Gasteiger partial charge in [-0.05, 0) is 92.0 Å². The molecule has 2 aromatic rings. The van der Waals surface area contributed by atoms with Crippen molar-refractivity contribution in [2.24, 2.45) is 5.92 Å². The first-order chi connectivity index (χ1) is 16.4. The summed E-state index contributed by atoms with van der Waals surface area (Å²) in [6.07, 6.45) is 11.8. The Kier molecular flexibility index (Phi) is 9.32. The number of nitrogen functional groups attached to an aromatic ring is 2. The van der Waals surface area contributed by atoms with Gasteiger partial charge in [0, 0.05) is 23.9 Å². The second-order valence-corrected chi connectivity index (χ2v) is 8.79. The van der Waals surface area contributed by atoms with Gasteiger partial charge in [0.25, 0.3) is 0 Å². The van der Waals surface area contributed by atoms with Crippen LogP contribution in [0.2, 0.25) is 0 Å². The van der Waals surface area contributed by atoms with Crippen LogP contribution in [-0.2, 0) is 20.7 Å². The van der Waals surface area contributed by atoms with Crippen molar-refractivity contribution < 1.29 is 19.1 Å². The largest absolute Gasteiger partial charge is 0.462 e. The van der Waals surface area contributed by atoms with E-state index in [9.17, 15) is 9.59 Å². The lowest BCUT2D eigenvalue weighted by Gasteiger charge is -2.28. The highest BCUT2D eigenvalue weighted by Gasteiger charge is 2.23. The van der Waals surface area contributed by atoms with Crippen molar-refractivity contribution >= 4 is 29.4 Å². The number of carbonyl (C=O) groups excluding carboxylic acids is 2. The molecule has 0 aromatic heterocycles. The molecule has 4 N–H and O–H groups in total. The molecule has 0 radical (unpaired) electrons. The van der Waals surface area contributed by atoms with Crippen LogP contribution in [0.4, 0.5) is 11.4 Å². The molecule has 3 rings (SSSR count). The summed E-state index contributed by atoms with van der Waals surface area (Å²) in [4.78, 5) is 24.5. The summed E-state index contributed by atoms with van der Waals surface area (Å²) in [5.74, 6) is -0.0302. The quantitative estimate of drug-likeness (QED) is 0.214. The zero-order valence-electron chi connectivity index (χ0n) is 19.6. The van der Waals surface area contributed by atoms with Crippen molar-refractivity contribution in [2.75, 3.05) is 18.1 Å². The molecule has 2 aromatic carbocycles. The van der Waals surface area contributed by atoms with Crippen LogP contribution in [-0.4, -0.2) is 24.6 Å². The third-order valence-corrected chi connectivity index (χ3v) is 6.08. The fraction of sp³-hybridized carbons (Fsp3) is 0.357. The maximum absolute atomic E-state index is 12.5. The Morgan fingerprint density at radius 2 is 1.68 bits per heavy atom. The second-order valence-electron chi connectivity index (χ2n) is 8.79. The van der Waals surface area contributed by atoms with E-state index in [2.05, 4.69) is 6.58 Å². The second kappa shape index (κ2) is 12.6. The summed E-state index contributed by atoms with van der Waals surface area (Å²) in [6, 6.07) is 12.3. The third kappa shape index (κ3) is 8.10. The molecule has 1 fully saturated rings. The number of esters is 2. The molecule has 1 aliphatic rings. The standard InChI is InChI=1S/C28H34N2O4/c1-2-3-4-20-7-12-26(13-8-20)34-28(32)23-10-5-21(6-11-23)9-14-27(31)33-16-15-22-17-24(29)19-25(30)18-22/h2,5-6,9-11,14,17-20,26H,1,3-4,7-8,12-13,15-16,29-30H2/b14-9+. The molecule has 0 spiro atoms. The van der Waals surface area contributed by atoms with Gasteiger partial charge >= 0.3 is 11.9 Å². The zero-order valence-corrected chi connectivity index (χ0v) is 19.6. The lowest BCUT2D eigenvalue weighted by Crippen LogP contribution is -2.24. The maximum Gasteiger partial charge on any atom is 0.338 e. The van der Waals surface area contributed by atoms with Crippen LogP contribution in [0, 0.1) is 5.92 Å². The fourth-order valence-corrected chi connectivity index (χ4v) is 4.21. The van der Waals surface area contributed by atoms with Gasteiger partial charge in [-0.3, -0.25) is 0 Å². The van der Waals surface area contributed by atoms with Crippen LogP contribution >= 0.6 is 0 Å². The van der Waals surface area contributed by atoms with Crippen LogP contribution in [0.15, 0.2) is 61.2 Å². The topological polar surface area (TPSA) is 105 Å². The van der Waals surface area contributed by atoms with Crippen LogP contribution in [0.5, 0.6) is 0 Å². The zero-order chi connectivity index (χ0) is 24.3. The summed E-state index contributed by atoms with van der Waals surface area (Å²) < 4.78 is 10.9. The highest BCUT2D eigenvalue weighted by molar-refractivity contribution is 5.90. The molecule has 1 saturated carbocycles. The van der Waals surface area contributed by atoms with E-state index in [0.717, 1.165) is 43.2 Å². The van der Waals surface area contributed by atoms with E-state index in [1.165, 1.54) is 12.5 Å². The van der Waals surface area contributed by atoms with Crippen LogP contribution in [0.1, 0.15) is 60.0 Å². The van der Waals surface area contributed by atoms with E-state index in [1.807, 2.05) is 18.2 Å². The SMILES string of the molecule is C=CCCC1CCC(OC(=O)c2ccc(/C=C/C(=O)OCCc3cc(N)cc(N)c3)cc2)CC1. The molecule has 0 bridgehead atoms. The minimum absolute atomic E-state index is 0.00871. The van der Waals surface area contributed by atoms with Gasteiger partial charge in [0.1, 0.15) is 6.10 Å². The number of nitrogens with two attached hydrogens (primary N) is 2. The third-order valence-electron chi connectivity index (χ3n) is 6.08. The van der Waals surface area contributed by atoms with Crippen molar-refractivity contribution in [2.45, 2.75) is 51.0 Å². The van der Waals surface area contributed by atoms with Gasteiger partial charge in [0.2, 0.25) is 0 Å². The van der Waals surface area contributed by atoms with Crippen LogP contribution in [0.25, 0.3) is 6.08 Å². The van der Waals surface area contributed by atoms with Gasteiger partial charge in [-0.1, -0.05) is 18.2 Å². The molecule has 34 heavy (non-hydrogen) atoms. The van der Waals surface area contributed by atoms with Crippen LogP contribution < -0.4 is 11.5 Å². The average Bonchev–Trinajstić information content (AvgIpc) is 2.82. The number of ether oxygens (including phenoxy) is 2. The number of carbonyl (C=O) groups is 2. The molecule has 0 aliphatic heterocycles. The van der Waals surface area contributed by atoms with Crippen molar-refractivity contribution in [3.05, 3.63) is 77.9 Å². The molecule has 0 heterocycles. The predicted octanol–water partition coefficient (Wildman–Crippen LogP) is 5.33. The van der Waals surface area contributed by atoms with E-state index in [0.29, 0.717) is 29.3 Å². The molecule has 0 amide bonds. The van der Waals surface area contributed by atoms with Crippen molar-refractivity contribution in [1.29, 1.82) is 0 Å². The lowest BCUT2D eigenvalue weighted by atomic mass is 9.84. The number of benzene rings is 2. The highest BCUT2D eigenvalue weighted by atomic mass is 16.5. The Bertz CT molecular complexity index is 985. The first kappa shape index (κ1) is 25.1. The number of rotatable bonds is 10. The molecule has 0 saturated heterocycles. The number of hydrogen-bond donors (Lipinski definition) is 2. The van der Waals surface area contributed by atoms with Gasteiger partial charge in [-0.15, -0.1) is 6.58 Å². The van der Waals surface area contributed by atoms with Crippen molar-refractivity contribution in [3.8, 4) is 0 Å². The number of hydrogen-bond acceptors (Lipinski definition) is 6. The summed E-state index contributed by atoms with van der Waals surface area (Å²) in [7, 11) is 0. The fourth-order valence-electron chi connectivity index (χ4n) is 4.21. The van der Waals surface area contributed by atoms with Gasteiger partial charge < -0.3 is 20.9 Å². The molecule has 6 nitrogen and oxygen atoms in total. The number of allylic oxidation sites excluding steroid dienone is 1. The Morgan fingerprint density at radius 1 is 1.00 bits per heavy atom. The maximum atomic E-state index is 12.5. The van der Waals surface area contributed by atoms with E-state index in [1.54, 1.807) is 36.4 Å². The minimum Gasteiger partial charge on any atom is -0.462 e. The summed E-state index contributed by atoms with van der Waals surface area (Å²) >= 11 is 0. The molecule has 0 atom stereocenters. The Labute approximate surface area is 201 Å². The first-order valence-electron chi connectivity index (χ1n) is 11.8. The van der Waals surface area contributed by atoms with E-state index >= 15 is 0 Å². The van der Waals surface area contributed by atoms with Gasteiger partial charge in [-0.2, -0.15) is 0 Å².